The van der Waals surface area contributed by atoms with Gasteiger partial charge in [-0.1, -0.05) is 11.6 Å². The Bertz CT molecular complexity index is 602. The normalized spacial score (nSPS) is 10.4. The van der Waals surface area contributed by atoms with E-state index in [-0.39, 0.29) is 5.78 Å². The van der Waals surface area contributed by atoms with E-state index in [1.165, 1.54) is 11.3 Å². The summed E-state index contributed by atoms with van der Waals surface area (Å²) in [6.45, 7) is 3.82. The third-order valence-electron chi connectivity index (χ3n) is 2.81. The SMILES string of the molecule is COc1cc(C)c(C(=O)c2sccc2Cl)cc1C. The maximum atomic E-state index is 12.4. The summed E-state index contributed by atoms with van der Waals surface area (Å²) in [6.07, 6.45) is 0. The first kappa shape index (κ1) is 13.1. The van der Waals surface area contributed by atoms with Crippen molar-refractivity contribution in [3.8, 4) is 5.75 Å². The number of aryl methyl sites for hydroxylation is 2. The van der Waals surface area contributed by atoms with Gasteiger partial charge < -0.3 is 4.74 Å². The fourth-order valence-corrected chi connectivity index (χ4v) is 2.93. The first-order valence-corrected chi connectivity index (χ1v) is 6.73. The van der Waals surface area contributed by atoms with Gasteiger partial charge in [0.15, 0.2) is 0 Å². The third kappa shape index (κ3) is 2.28. The second kappa shape index (κ2) is 5.12. The molecule has 0 saturated heterocycles. The van der Waals surface area contributed by atoms with Crippen LogP contribution < -0.4 is 4.74 Å². The van der Waals surface area contributed by atoms with Gasteiger partial charge in [0.1, 0.15) is 5.75 Å². The highest BCUT2D eigenvalue weighted by Gasteiger charge is 2.17. The maximum absolute atomic E-state index is 12.4. The molecular formula is C14H13ClO2S. The molecule has 0 bridgehead atoms. The van der Waals surface area contributed by atoms with Crippen molar-refractivity contribution in [2.75, 3.05) is 7.11 Å². The Hall–Kier alpha value is -1.32. The van der Waals surface area contributed by atoms with E-state index >= 15 is 0 Å². The van der Waals surface area contributed by atoms with E-state index in [1.54, 1.807) is 13.2 Å². The molecule has 0 radical (unpaired) electrons. The predicted molar refractivity (Wildman–Crippen MR) is 75.2 cm³/mol. The Morgan fingerprint density at radius 3 is 2.56 bits per heavy atom. The Morgan fingerprint density at radius 2 is 2.00 bits per heavy atom. The van der Waals surface area contributed by atoms with Crippen LogP contribution in [0.1, 0.15) is 26.4 Å². The molecule has 0 amide bonds. The minimum atomic E-state index is -0.0294. The van der Waals surface area contributed by atoms with Gasteiger partial charge in [0.05, 0.1) is 17.0 Å². The van der Waals surface area contributed by atoms with Crippen LogP contribution in [0.4, 0.5) is 0 Å². The number of rotatable bonds is 3. The second-order valence-corrected chi connectivity index (χ2v) is 5.39. The minimum Gasteiger partial charge on any atom is -0.496 e. The summed E-state index contributed by atoms with van der Waals surface area (Å²) in [4.78, 5) is 13.0. The molecule has 0 N–H and O–H groups in total. The van der Waals surface area contributed by atoms with Gasteiger partial charge in [-0.25, -0.2) is 0 Å². The molecule has 0 fully saturated rings. The Kier molecular flexibility index (Phi) is 3.73. The van der Waals surface area contributed by atoms with Crippen molar-refractivity contribution in [3.63, 3.8) is 0 Å². The van der Waals surface area contributed by atoms with Gasteiger partial charge in [-0.3, -0.25) is 4.79 Å². The number of ether oxygens (including phenoxy) is 1. The summed E-state index contributed by atoms with van der Waals surface area (Å²) in [5, 5.41) is 2.33. The molecule has 94 valence electrons. The minimum absolute atomic E-state index is 0.0294. The van der Waals surface area contributed by atoms with Crippen molar-refractivity contribution in [1.82, 2.24) is 0 Å². The molecule has 1 aromatic carbocycles. The summed E-state index contributed by atoms with van der Waals surface area (Å²) >= 11 is 7.36. The van der Waals surface area contributed by atoms with Gasteiger partial charge >= 0.3 is 0 Å². The summed E-state index contributed by atoms with van der Waals surface area (Å²) in [5.74, 6) is 0.763. The number of halogens is 1. The average molecular weight is 281 g/mol. The highest BCUT2D eigenvalue weighted by Crippen LogP contribution is 2.29. The number of carbonyl (C=O) groups excluding carboxylic acids is 1. The van der Waals surface area contributed by atoms with Crippen molar-refractivity contribution in [3.05, 3.63) is 50.2 Å². The Labute approximate surface area is 115 Å². The van der Waals surface area contributed by atoms with Crippen LogP contribution in [0.2, 0.25) is 5.02 Å². The first-order chi connectivity index (χ1) is 8.54. The lowest BCUT2D eigenvalue weighted by Crippen LogP contribution is -2.03. The van der Waals surface area contributed by atoms with Gasteiger partial charge in [0, 0.05) is 5.56 Å². The van der Waals surface area contributed by atoms with Crippen molar-refractivity contribution < 1.29 is 9.53 Å². The van der Waals surface area contributed by atoms with Gasteiger partial charge in [0.2, 0.25) is 5.78 Å². The summed E-state index contributed by atoms with van der Waals surface area (Å²) in [6, 6.07) is 5.47. The molecule has 0 atom stereocenters. The molecule has 0 unspecified atom stereocenters. The van der Waals surface area contributed by atoms with Crippen LogP contribution >= 0.6 is 22.9 Å². The van der Waals surface area contributed by atoms with E-state index in [9.17, 15) is 4.79 Å². The highest BCUT2D eigenvalue weighted by molar-refractivity contribution is 7.13. The molecule has 1 heterocycles. The molecule has 1 aromatic heterocycles. The van der Waals surface area contributed by atoms with E-state index in [1.807, 2.05) is 31.4 Å². The van der Waals surface area contributed by atoms with E-state index in [4.69, 9.17) is 16.3 Å². The lowest BCUT2D eigenvalue weighted by Gasteiger charge is -2.10. The molecule has 0 spiro atoms. The topological polar surface area (TPSA) is 26.3 Å². The number of hydrogen-bond donors (Lipinski definition) is 0. The molecule has 0 aliphatic carbocycles. The van der Waals surface area contributed by atoms with Crippen LogP contribution in [0.3, 0.4) is 0 Å². The van der Waals surface area contributed by atoms with Crippen molar-refractivity contribution in [2.24, 2.45) is 0 Å². The molecule has 4 heteroatoms. The molecule has 0 aliphatic heterocycles. The predicted octanol–water partition coefficient (Wildman–Crippen LogP) is 4.26. The van der Waals surface area contributed by atoms with Crippen molar-refractivity contribution >= 4 is 28.7 Å². The van der Waals surface area contributed by atoms with Crippen LogP contribution in [0.25, 0.3) is 0 Å². The molecule has 2 rings (SSSR count). The largest absolute Gasteiger partial charge is 0.496 e. The zero-order valence-corrected chi connectivity index (χ0v) is 12.0. The molecule has 2 aromatic rings. The van der Waals surface area contributed by atoms with E-state index < -0.39 is 0 Å². The number of methoxy groups -OCH3 is 1. The van der Waals surface area contributed by atoms with Crippen molar-refractivity contribution in [2.45, 2.75) is 13.8 Å². The summed E-state index contributed by atoms with van der Waals surface area (Å²) in [5.41, 5.74) is 2.52. The van der Waals surface area contributed by atoms with Crippen LogP contribution in [-0.2, 0) is 0 Å². The van der Waals surface area contributed by atoms with Gasteiger partial charge in [-0.05, 0) is 48.6 Å². The van der Waals surface area contributed by atoms with Crippen molar-refractivity contribution in [1.29, 1.82) is 0 Å². The Morgan fingerprint density at radius 1 is 1.28 bits per heavy atom. The number of hydrogen-bond acceptors (Lipinski definition) is 3. The van der Waals surface area contributed by atoms with E-state index in [0.717, 1.165) is 16.9 Å². The fraction of sp³-hybridized carbons (Fsp3) is 0.214. The van der Waals surface area contributed by atoms with E-state index in [2.05, 4.69) is 0 Å². The van der Waals surface area contributed by atoms with Crippen LogP contribution in [0.15, 0.2) is 23.6 Å². The maximum Gasteiger partial charge on any atom is 0.204 e. The molecule has 2 nitrogen and oxygen atoms in total. The number of benzene rings is 1. The number of ketones is 1. The quantitative estimate of drug-likeness (QED) is 0.786. The molecule has 0 saturated carbocycles. The highest BCUT2D eigenvalue weighted by atomic mass is 35.5. The lowest BCUT2D eigenvalue weighted by molar-refractivity contribution is 0.104. The standard InChI is InChI=1S/C14H13ClO2S/c1-8-7-12(17-3)9(2)6-10(8)13(16)14-11(15)4-5-18-14/h4-7H,1-3H3. The number of carbonyl (C=O) groups is 1. The van der Waals surface area contributed by atoms with Crippen LogP contribution in [0, 0.1) is 13.8 Å². The zero-order valence-electron chi connectivity index (χ0n) is 10.4. The third-order valence-corrected chi connectivity index (χ3v) is 4.15. The van der Waals surface area contributed by atoms with Crippen LogP contribution in [0.5, 0.6) is 5.75 Å². The van der Waals surface area contributed by atoms with Crippen LogP contribution in [-0.4, -0.2) is 12.9 Å². The second-order valence-electron chi connectivity index (χ2n) is 4.06. The first-order valence-electron chi connectivity index (χ1n) is 5.47. The zero-order chi connectivity index (χ0) is 13.3. The fourth-order valence-electron chi connectivity index (χ4n) is 1.83. The monoisotopic (exact) mass is 280 g/mol. The average Bonchev–Trinajstić information content (AvgIpc) is 2.77. The molecular weight excluding hydrogens is 268 g/mol. The molecule has 18 heavy (non-hydrogen) atoms. The summed E-state index contributed by atoms with van der Waals surface area (Å²) < 4.78 is 5.24. The molecule has 0 aliphatic rings. The number of thiophene rings is 1. The lowest BCUT2D eigenvalue weighted by atomic mass is 10.0. The van der Waals surface area contributed by atoms with Gasteiger partial charge in [-0.15, -0.1) is 11.3 Å². The van der Waals surface area contributed by atoms with E-state index in [0.29, 0.717) is 15.5 Å². The summed E-state index contributed by atoms with van der Waals surface area (Å²) in [7, 11) is 1.62. The van der Waals surface area contributed by atoms with Gasteiger partial charge in [0.25, 0.3) is 0 Å². The Balaban J connectivity index is 2.49. The van der Waals surface area contributed by atoms with Gasteiger partial charge in [-0.2, -0.15) is 0 Å². The smallest absolute Gasteiger partial charge is 0.204 e.